The van der Waals surface area contributed by atoms with Crippen LogP contribution in [0.5, 0.6) is 5.75 Å². The molecule has 1 N–H and O–H groups in total. The predicted molar refractivity (Wildman–Crippen MR) is 97.3 cm³/mol. The fraction of sp³-hybridized carbons (Fsp3) is 0.200. The molecule has 0 amide bonds. The molecule has 0 bridgehead atoms. The number of nitrogens with one attached hydrogen (secondary N) is 1. The SMILES string of the molecule is Fc1cc2nc3c(n2cc1-c1cn[nH]c1)[C@@H](c1ccccc1OC(F)F)OCC3. The summed E-state index contributed by atoms with van der Waals surface area (Å²) in [5.74, 6) is -0.396. The molecular weight excluding hydrogens is 385 g/mol. The van der Waals surface area contributed by atoms with Gasteiger partial charge in [-0.2, -0.15) is 13.9 Å². The van der Waals surface area contributed by atoms with Gasteiger partial charge >= 0.3 is 6.61 Å². The van der Waals surface area contributed by atoms with E-state index in [0.29, 0.717) is 41.1 Å². The molecule has 0 spiro atoms. The van der Waals surface area contributed by atoms with Crippen LogP contribution in [-0.2, 0) is 11.2 Å². The molecule has 0 unspecified atom stereocenters. The first-order chi connectivity index (χ1) is 14.1. The summed E-state index contributed by atoms with van der Waals surface area (Å²) >= 11 is 0. The first-order valence-electron chi connectivity index (χ1n) is 8.96. The van der Waals surface area contributed by atoms with Gasteiger partial charge in [0, 0.05) is 41.6 Å². The zero-order valence-electron chi connectivity index (χ0n) is 15.0. The predicted octanol–water partition coefficient (Wildman–Crippen LogP) is 4.13. The molecule has 148 valence electrons. The van der Waals surface area contributed by atoms with Gasteiger partial charge < -0.3 is 9.47 Å². The lowest BCUT2D eigenvalue weighted by atomic mass is 10.0. The molecule has 1 aliphatic heterocycles. The summed E-state index contributed by atoms with van der Waals surface area (Å²) in [6.07, 6.45) is 4.60. The number of pyridine rings is 1. The van der Waals surface area contributed by atoms with Gasteiger partial charge in [-0.3, -0.25) is 9.50 Å². The molecule has 6 nitrogen and oxygen atoms in total. The van der Waals surface area contributed by atoms with Crippen LogP contribution in [0.2, 0.25) is 0 Å². The van der Waals surface area contributed by atoms with Gasteiger partial charge in [0.25, 0.3) is 0 Å². The van der Waals surface area contributed by atoms with Crippen LogP contribution in [0, 0.1) is 5.82 Å². The number of benzene rings is 1. The Morgan fingerprint density at radius 2 is 2.14 bits per heavy atom. The number of aromatic amines is 1. The van der Waals surface area contributed by atoms with Crippen molar-refractivity contribution in [1.29, 1.82) is 0 Å². The summed E-state index contributed by atoms with van der Waals surface area (Å²) in [7, 11) is 0. The van der Waals surface area contributed by atoms with Crippen LogP contribution in [-0.4, -0.2) is 32.8 Å². The molecule has 0 saturated heterocycles. The van der Waals surface area contributed by atoms with Crippen molar-refractivity contribution in [3.05, 3.63) is 71.7 Å². The van der Waals surface area contributed by atoms with Crippen LogP contribution >= 0.6 is 0 Å². The number of alkyl halides is 2. The van der Waals surface area contributed by atoms with Crippen molar-refractivity contribution < 1.29 is 22.6 Å². The van der Waals surface area contributed by atoms with Gasteiger partial charge in [-0.1, -0.05) is 18.2 Å². The summed E-state index contributed by atoms with van der Waals surface area (Å²) < 4.78 is 52.8. The molecule has 0 aliphatic carbocycles. The van der Waals surface area contributed by atoms with E-state index in [0.717, 1.165) is 5.69 Å². The topological polar surface area (TPSA) is 64.4 Å². The van der Waals surface area contributed by atoms with Crippen molar-refractivity contribution in [2.24, 2.45) is 0 Å². The molecule has 4 aromatic rings. The van der Waals surface area contributed by atoms with Crippen molar-refractivity contribution in [2.75, 3.05) is 6.61 Å². The molecule has 1 aromatic carbocycles. The van der Waals surface area contributed by atoms with E-state index in [1.165, 1.54) is 18.3 Å². The van der Waals surface area contributed by atoms with Crippen LogP contribution in [0.25, 0.3) is 16.8 Å². The first kappa shape index (κ1) is 17.7. The van der Waals surface area contributed by atoms with E-state index in [1.807, 2.05) is 0 Å². The van der Waals surface area contributed by atoms with Gasteiger partial charge in [0.1, 0.15) is 23.3 Å². The minimum Gasteiger partial charge on any atom is -0.434 e. The van der Waals surface area contributed by atoms with Crippen molar-refractivity contribution >= 4 is 5.65 Å². The van der Waals surface area contributed by atoms with Gasteiger partial charge in [-0.25, -0.2) is 9.37 Å². The standard InChI is InChI=1S/C20H15F3N4O2/c21-14-7-17-26-15-5-6-28-19(12-3-1-2-4-16(12)29-20(22)23)18(15)27(17)10-13(14)11-8-24-25-9-11/h1-4,7-10,19-20H,5-6H2,(H,24,25)/t19-/m1/s1. The van der Waals surface area contributed by atoms with Crippen LogP contribution in [0.3, 0.4) is 0 Å². The van der Waals surface area contributed by atoms with Gasteiger partial charge in [-0.05, 0) is 6.07 Å². The van der Waals surface area contributed by atoms with Crippen LogP contribution in [0.15, 0.2) is 48.9 Å². The summed E-state index contributed by atoms with van der Waals surface area (Å²) in [5, 5.41) is 6.53. The molecule has 1 aliphatic rings. The molecule has 4 heterocycles. The number of aromatic nitrogens is 4. The lowest BCUT2D eigenvalue weighted by Crippen LogP contribution is -2.20. The number of rotatable bonds is 4. The molecule has 0 saturated carbocycles. The van der Waals surface area contributed by atoms with E-state index in [9.17, 15) is 13.2 Å². The van der Waals surface area contributed by atoms with E-state index < -0.39 is 18.5 Å². The summed E-state index contributed by atoms with van der Waals surface area (Å²) in [5.41, 5.74) is 3.21. The minimum atomic E-state index is -2.96. The first-order valence-corrected chi connectivity index (χ1v) is 8.96. The molecule has 0 radical (unpaired) electrons. The second kappa shape index (κ2) is 6.93. The van der Waals surface area contributed by atoms with Crippen molar-refractivity contribution in [3.63, 3.8) is 0 Å². The highest BCUT2D eigenvalue weighted by Crippen LogP contribution is 2.39. The third-order valence-electron chi connectivity index (χ3n) is 4.92. The highest BCUT2D eigenvalue weighted by Gasteiger charge is 2.31. The molecule has 3 aromatic heterocycles. The second-order valence-electron chi connectivity index (χ2n) is 6.61. The lowest BCUT2D eigenvalue weighted by molar-refractivity contribution is -0.0522. The number of H-pyrrole nitrogens is 1. The van der Waals surface area contributed by atoms with E-state index in [4.69, 9.17) is 4.74 Å². The fourth-order valence-electron chi connectivity index (χ4n) is 3.69. The Morgan fingerprint density at radius 1 is 1.28 bits per heavy atom. The van der Waals surface area contributed by atoms with E-state index in [1.54, 1.807) is 35.0 Å². The molecule has 0 fully saturated rings. The number of hydrogen-bond acceptors (Lipinski definition) is 4. The van der Waals surface area contributed by atoms with Crippen LogP contribution in [0.1, 0.15) is 23.1 Å². The highest BCUT2D eigenvalue weighted by molar-refractivity contribution is 5.65. The fourth-order valence-corrected chi connectivity index (χ4v) is 3.69. The summed E-state index contributed by atoms with van der Waals surface area (Å²) in [6.45, 7) is -2.59. The van der Waals surface area contributed by atoms with E-state index in [-0.39, 0.29) is 5.75 Å². The highest BCUT2D eigenvalue weighted by atomic mass is 19.3. The largest absolute Gasteiger partial charge is 0.434 e. The number of hydrogen-bond donors (Lipinski definition) is 1. The van der Waals surface area contributed by atoms with Crippen molar-refractivity contribution in [3.8, 4) is 16.9 Å². The summed E-state index contributed by atoms with van der Waals surface area (Å²) in [6, 6.07) is 7.84. The Balaban J connectivity index is 1.70. The maximum Gasteiger partial charge on any atom is 0.387 e. The smallest absolute Gasteiger partial charge is 0.387 e. The zero-order valence-corrected chi connectivity index (χ0v) is 15.0. The number of imidazole rings is 1. The zero-order chi connectivity index (χ0) is 20.0. The second-order valence-corrected chi connectivity index (χ2v) is 6.61. The summed E-state index contributed by atoms with van der Waals surface area (Å²) in [4.78, 5) is 4.53. The Kier molecular flexibility index (Phi) is 4.24. The van der Waals surface area contributed by atoms with Gasteiger partial charge in [0.2, 0.25) is 0 Å². The third kappa shape index (κ3) is 3.03. The Labute approximate surface area is 162 Å². The minimum absolute atomic E-state index is 0.0347. The maximum absolute atomic E-state index is 14.6. The van der Waals surface area contributed by atoms with Crippen molar-refractivity contribution in [1.82, 2.24) is 19.6 Å². The monoisotopic (exact) mass is 400 g/mol. The van der Waals surface area contributed by atoms with E-state index in [2.05, 4.69) is 19.9 Å². The molecular formula is C20H15F3N4O2. The normalized spacial score (nSPS) is 16.3. The third-order valence-corrected chi connectivity index (χ3v) is 4.92. The average Bonchev–Trinajstić information content (AvgIpc) is 3.34. The molecule has 5 rings (SSSR count). The molecule has 1 atom stereocenters. The maximum atomic E-state index is 14.6. The Bertz CT molecular complexity index is 1170. The number of halogens is 3. The molecule has 9 heteroatoms. The van der Waals surface area contributed by atoms with Gasteiger partial charge in [0.05, 0.1) is 24.2 Å². The van der Waals surface area contributed by atoms with Crippen molar-refractivity contribution in [2.45, 2.75) is 19.1 Å². The average molecular weight is 400 g/mol. The Morgan fingerprint density at radius 3 is 2.93 bits per heavy atom. The lowest BCUT2D eigenvalue weighted by Gasteiger charge is -2.25. The quantitative estimate of drug-likeness (QED) is 0.560. The van der Waals surface area contributed by atoms with Gasteiger partial charge in [0.15, 0.2) is 0 Å². The number of ether oxygens (including phenoxy) is 2. The van der Waals surface area contributed by atoms with Crippen LogP contribution < -0.4 is 4.74 Å². The Hall–Kier alpha value is -3.33. The van der Waals surface area contributed by atoms with E-state index >= 15 is 0 Å². The molecule has 29 heavy (non-hydrogen) atoms. The van der Waals surface area contributed by atoms with Crippen LogP contribution in [0.4, 0.5) is 13.2 Å². The number of nitrogens with zero attached hydrogens (tertiary/aromatic N) is 3. The van der Waals surface area contributed by atoms with Gasteiger partial charge in [-0.15, -0.1) is 0 Å². The number of para-hydroxylation sites is 1. The number of fused-ring (bicyclic) bond motifs is 3.